The summed E-state index contributed by atoms with van der Waals surface area (Å²) in [5.41, 5.74) is 2.56. The zero-order valence-corrected chi connectivity index (χ0v) is 17.1. The molecule has 1 aromatic carbocycles. The van der Waals surface area contributed by atoms with Crippen LogP contribution in [0.1, 0.15) is 37.1 Å². The van der Waals surface area contributed by atoms with Crippen LogP contribution in [0, 0.1) is 0 Å². The maximum atomic E-state index is 12.5. The van der Waals surface area contributed by atoms with Gasteiger partial charge >= 0.3 is 0 Å². The van der Waals surface area contributed by atoms with Crippen molar-refractivity contribution in [3.63, 3.8) is 0 Å². The maximum Gasteiger partial charge on any atom is 0.275 e. The second-order valence-corrected chi connectivity index (χ2v) is 8.40. The van der Waals surface area contributed by atoms with Crippen molar-refractivity contribution in [3.05, 3.63) is 72.0 Å². The molecule has 4 aromatic rings. The van der Waals surface area contributed by atoms with E-state index in [0.717, 1.165) is 22.1 Å². The van der Waals surface area contributed by atoms with Gasteiger partial charge in [-0.3, -0.25) is 4.79 Å². The number of aromatic nitrogens is 5. The van der Waals surface area contributed by atoms with Crippen LogP contribution in [-0.4, -0.2) is 30.6 Å². The Hall–Kier alpha value is -3.39. The van der Waals surface area contributed by atoms with E-state index in [4.69, 9.17) is 0 Å². The van der Waals surface area contributed by atoms with E-state index in [0.29, 0.717) is 11.4 Å². The summed E-state index contributed by atoms with van der Waals surface area (Å²) >= 11 is 1.40. The van der Waals surface area contributed by atoms with Crippen molar-refractivity contribution < 1.29 is 4.79 Å². The molecule has 146 valence electrons. The van der Waals surface area contributed by atoms with Crippen LogP contribution in [0.15, 0.2) is 60.5 Å². The third kappa shape index (κ3) is 4.22. The Morgan fingerprint density at radius 1 is 1.07 bits per heavy atom. The molecule has 0 fully saturated rings. The van der Waals surface area contributed by atoms with Crippen molar-refractivity contribution in [1.29, 1.82) is 0 Å². The molecule has 0 saturated heterocycles. The molecule has 0 spiro atoms. The van der Waals surface area contributed by atoms with E-state index in [2.05, 4.69) is 25.4 Å². The summed E-state index contributed by atoms with van der Waals surface area (Å²) < 4.78 is 1.78. The molecule has 0 aliphatic heterocycles. The monoisotopic (exact) mass is 404 g/mol. The minimum atomic E-state index is -0.296. The van der Waals surface area contributed by atoms with Crippen LogP contribution in [0.2, 0.25) is 0 Å². The standard InChI is InChI=1S/C21H20N6OS/c1-21(2,3)20-22-10-15(11-23-20)25-18(28)17-13-29-19(26-17)14-9-24-27(12-14)16-7-5-4-6-8-16/h4-13H,1-3H3,(H,25,28). The van der Waals surface area contributed by atoms with E-state index >= 15 is 0 Å². The van der Waals surface area contributed by atoms with Gasteiger partial charge in [-0.25, -0.2) is 19.6 Å². The molecule has 7 nitrogen and oxygen atoms in total. The van der Waals surface area contributed by atoms with Crippen LogP contribution < -0.4 is 5.32 Å². The highest BCUT2D eigenvalue weighted by Crippen LogP contribution is 2.25. The number of anilines is 1. The molecule has 3 aromatic heterocycles. The Morgan fingerprint density at radius 2 is 1.79 bits per heavy atom. The third-order valence-corrected chi connectivity index (χ3v) is 5.06. The zero-order chi connectivity index (χ0) is 20.4. The smallest absolute Gasteiger partial charge is 0.275 e. The molecule has 0 atom stereocenters. The molecule has 1 N–H and O–H groups in total. The highest BCUT2D eigenvalue weighted by molar-refractivity contribution is 7.13. The number of carbonyl (C=O) groups excluding carboxylic acids is 1. The number of para-hydroxylation sites is 1. The first-order valence-corrected chi connectivity index (χ1v) is 9.98. The van der Waals surface area contributed by atoms with Gasteiger partial charge in [0.15, 0.2) is 0 Å². The first-order chi connectivity index (χ1) is 13.9. The lowest BCUT2D eigenvalue weighted by Crippen LogP contribution is -2.17. The lowest BCUT2D eigenvalue weighted by Gasteiger charge is -2.16. The molecule has 0 aliphatic rings. The van der Waals surface area contributed by atoms with Crippen molar-refractivity contribution in [2.75, 3.05) is 5.32 Å². The van der Waals surface area contributed by atoms with Gasteiger partial charge in [0, 0.05) is 22.6 Å². The van der Waals surface area contributed by atoms with Gasteiger partial charge in [0.25, 0.3) is 5.91 Å². The third-order valence-electron chi connectivity index (χ3n) is 4.17. The number of rotatable bonds is 4. The summed E-state index contributed by atoms with van der Waals surface area (Å²) in [6, 6.07) is 9.83. The maximum absolute atomic E-state index is 12.5. The number of benzene rings is 1. The quantitative estimate of drug-likeness (QED) is 0.547. The molecule has 8 heteroatoms. The number of hydrogen-bond acceptors (Lipinski definition) is 6. The molecular formula is C21H20N6OS. The van der Waals surface area contributed by atoms with Crippen LogP contribution in [-0.2, 0) is 5.41 Å². The first kappa shape index (κ1) is 18.9. The molecular weight excluding hydrogens is 384 g/mol. The Labute approximate surface area is 172 Å². The summed E-state index contributed by atoms with van der Waals surface area (Å²) in [6.07, 6.45) is 6.87. The van der Waals surface area contributed by atoms with Gasteiger partial charge in [0.05, 0.1) is 30.0 Å². The molecule has 0 unspecified atom stereocenters. The predicted molar refractivity (Wildman–Crippen MR) is 113 cm³/mol. The Kier molecular flexibility index (Phi) is 4.94. The van der Waals surface area contributed by atoms with E-state index < -0.39 is 0 Å². The molecule has 0 bridgehead atoms. The molecule has 4 rings (SSSR count). The van der Waals surface area contributed by atoms with Crippen LogP contribution >= 0.6 is 11.3 Å². The molecule has 1 amide bonds. The lowest BCUT2D eigenvalue weighted by atomic mass is 9.96. The van der Waals surface area contributed by atoms with Crippen LogP contribution in [0.25, 0.3) is 16.3 Å². The van der Waals surface area contributed by atoms with Gasteiger partial charge in [-0.05, 0) is 12.1 Å². The Balaban J connectivity index is 1.48. The highest BCUT2D eigenvalue weighted by atomic mass is 32.1. The van der Waals surface area contributed by atoms with E-state index in [9.17, 15) is 4.79 Å². The fourth-order valence-corrected chi connectivity index (χ4v) is 3.42. The van der Waals surface area contributed by atoms with Gasteiger partial charge in [0.2, 0.25) is 0 Å². The molecule has 0 saturated carbocycles. The van der Waals surface area contributed by atoms with E-state index in [1.165, 1.54) is 11.3 Å². The summed E-state index contributed by atoms with van der Waals surface area (Å²) in [6.45, 7) is 6.12. The number of nitrogens with one attached hydrogen (secondary N) is 1. The Bertz CT molecular complexity index is 1130. The fourth-order valence-electron chi connectivity index (χ4n) is 2.64. The second-order valence-electron chi connectivity index (χ2n) is 7.55. The van der Waals surface area contributed by atoms with Crippen LogP contribution in [0.3, 0.4) is 0 Å². The van der Waals surface area contributed by atoms with E-state index in [1.54, 1.807) is 28.7 Å². The largest absolute Gasteiger partial charge is 0.318 e. The number of nitrogens with zero attached hydrogens (tertiary/aromatic N) is 5. The van der Waals surface area contributed by atoms with Gasteiger partial charge < -0.3 is 5.32 Å². The predicted octanol–water partition coefficient (Wildman–Crippen LogP) is 4.34. The number of thiazole rings is 1. The van der Waals surface area contributed by atoms with Crippen molar-refractivity contribution >= 4 is 22.9 Å². The van der Waals surface area contributed by atoms with E-state index in [1.807, 2.05) is 57.3 Å². The summed E-state index contributed by atoms with van der Waals surface area (Å²) in [5, 5.41) is 9.64. The first-order valence-electron chi connectivity index (χ1n) is 9.10. The van der Waals surface area contributed by atoms with Crippen molar-refractivity contribution in [1.82, 2.24) is 24.7 Å². The topological polar surface area (TPSA) is 85.6 Å². The number of amides is 1. The van der Waals surface area contributed by atoms with Gasteiger partial charge in [0.1, 0.15) is 16.5 Å². The molecule has 0 radical (unpaired) electrons. The lowest BCUT2D eigenvalue weighted by molar-refractivity contribution is 0.102. The average molecular weight is 404 g/mol. The minimum absolute atomic E-state index is 0.142. The summed E-state index contributed by atoms with van der Waals surface area (Å²) in [5.74, 6) is 0.428. The normalized spacial score (nSPS) is 11.4. The van der Waals surface area contributed by atoms with Gasteiger partial charge in [-0.15, -0.1) is 11.3 Å². The van der Waals surface area contributed by atoms with Crippen molar-refractivity contribution in [3.8, 4) is 16.3 Å². The number of carbonyl (C=O) groups is 1. The minimum Gasteiger partial charge on any atom is -0.318 e. The number of hydrogen-bond donors (Lipinski definition) is 1. The second kappa shape index (κ2) is 7.56. The SMILES string of the molecule is CC(C)(C)c1ncc(NC(=O)c2csc(-c3cnn(-c4ccccc4)c3)n2)cn1. The molecule has 3 heterocycles. The molecule has 29 heavy (non-hydrogen) atoms. The van der Waals surface area contributed by atoms with Gasteiger partial charge in [-0.2, -0.15) is 5.10 Å². The van der Waals surface area contributed by atoms with Crippen molar-refractivity contribution in [2.45, 2.75) is 26.2 Å². The van der Waals surface area contributed by atoms with E-state index in [-0.39, 0.29) is 11.3 Å². The Morgan fingerprint density at radius 3 is 2.48 bits per heavy atom. The average Bonchev–Trinajstić information content (AvgIpc) is 3.38. The summed E-state index contributed by atoms with van der Waals surface area (Å²) in [4.78, 5) is 25.6. The highest BCUT2D eigenvalue weighted by Gasteiger charge is 2.18. The van der Waals surface area contributed by atoms with Gasteiger partial charge in [-0.1, -0.05) is 39.0 Å². The molecule has 0 aliphatic carbocycles. The fraction of sp³-hybridized carbons (Fsp3) is 0.190. The summed E-state index contributed by atoms with van der Waals surface area (Å²) in [7, 11) is 0. The van der Waals surface area contributed by atoms with Crippen molar-refractivity contribution in [2.24, 2.45) is 0 Å². The van der Waals surface area contributed by atoms with Crippen LogP contribution in [0.5, 0.6) is 0 Å². The zero-order valence-electron chi connectivity index (χ0n) is 16.3. The van der Waals surface area contributed by atoms with Crippen LogP contribution in [0.4, 0.5) is 5.69 Å².